The first kappa shape index (κ1) is 15.1. The average Bonchev–Trinajstić information content (AvgIpc) is 2.69. The van der Waals surface area contributed by atoms with Crippen molar-refractivity contribution in [3.63, 3.8) is 0 Å². The van der Waals surface area contributed by atoms with Crippen molar-refractivity contribution < 1.29 is 13.2 Å². The van der Waals surface area contributed by atoms with Gasteiger partial charge in [0, 0.05) is 9.75 Å². The van der Waals surface area contributed by atoms with E-state index in [4.69, 9.17) is 0 Å². The average molecular weight is 299 g/mol. The summed E-state index contributed by atoms with van der Waals surface area (Å²) in [6, 6.07) is 7.30. The van der Waals surface area contributed by atoms with Gasteiger partial charge < -0.3 is 5.32 Å². The molecule has 0 fully saturated rings. The summed E-state index contributed by atoms with van der Waals surface area (Å²) in [6.45, 7) is 3.89. The van der Waals surface area contributed by atoms with Gasteiger partial charge in [-0.15, -0.1) is 11.3 Å². The molecule has 2 aromatic rings. The molecule has 108 valence electrons. The Kier molecular flexibility index (Phi) is 4.20. The van der Waals surface area contributed by atoms with Crippen LogP contribution >= 0.6 is 11.3 Å². The van der Waals surface area contributed by atoms with E-state index in [0.29, 0.717) is 0 Å². The predicted octanol–water partition coefficient (Wildman–Crippen LogP) is 4.69. The highest BCUT2D eigenvalue weighted by atomic mass is 32.1. The van der Waals surface area contributed by atoms with Crippen molar-refractivity contribution in [2.45, 2.75) is 26.1 Å². The quantitative estimate of drug-likeness (QED) is 0.866. The number of aryl methyl sites for hydroxylation is 2. The summed E-state index contributed by atoms with van der Waals surface area (Å²) in [5, 5.41) is 3.01. The molecule has 1 aromatic carbocycles. The van der Waals surface area contributed by atoms with Gasteiger partial charge in [0.05, 0.1) is 11.6 Å². The third-order valence-electron chi connectivity index (χ3n) is 3.21. The van der Waals surface area contributed by atoms with Crippen molar-refractivity contribution >= 4 is 11.3 Å². The van der Waals surface area contributed by atoms with Crippen LogP contribution in [-0.4, -0.2) is 7.05 Å². The lowest BCUT2D eigenvalue weighted by atomic mass is 9.97. The van der Waals surface area contributed by atoms with E-state index in [0.717, 1.165) is 21.4 Å². The van der Waals surface area contributed by atoms with Crippen molar-refractivity contribution in [1.29, 1.82) is 0 Å². The summed E-state index contributed by atoms with van der Waals surface area (Å²) in [5.41, 5.74) is 0.709. The third-order valence-corrected chi connectivity index (χ3v) is 4.42. The Morgan fingerprint density at radius 3 is 2.30 bits per heavy atom. The highest BCUT2D eigenvalue weighted by Gasteiger charge is 2.35. The summed E-state index contributed by atoms with van der Waals surface area (Å²) in [6.07, 6.45) is -4.34. The molecule has 0 radical (unpaired) electrons. The zero-order valence-electron chi connectivity index (χ0n) is 11.5. The first-order valence-corrected chi connectivity index (χ1v) is 7.06. The lowest BCUT2D eigenvalue weighted by molar-refractivity contribution is -0.138. The molecule has 1 unspecified atom stereocenters. The van der Waals surface area contributed by atoms with Crippen LogP contribution in [0.3, 0.4) is 0 Å². The number of benzene rings is 1. The molecule has 0 saturated heterocycles. The number of halogens is 3. The number of thiophene rings is 1. The van der Waals surface area contributed by atoms with E-state index >= 15 is 0 Å². The second-order valence-electron chi connectivity index (χ2n) is 4.71. The van der Waals surface area contributed by atoms with Gasteiger partial charge in [-0.25, -0.2) is 0 Å². The monoisotopic (exact) mass is 299 g/mol. The largest absolute Gasteiger partial charge is 0.416 e. The molecule has 1 N–H and O–H groups in total. The van der Waals surface area contributed by atoms with Crippen molar-refractivity contribution in [2.75, 3.05) is 7.05 Å². The van der Waals surface area contributed by atoms with E-state index in [1.807, 2.05) is 19.9 Å². The minimum atomic E-state index is -4.34. The molecule has 0 aliphatic rings. The van der Waals surface area contributed by atoms with Gasteiger partial charge in [-0.3, -0.25) is 0 Å². The van der Waals surface area contributed by atoms with Gasteiger partial charge in [-0.2, -0.15) is 13.2 Å². The molecule has 0 amide bonds. The SMILES string of the molecule is CNC(c1ccccc1C(F)(F)F)c1sc(C)cc1C. The Morgan fingerprint density at radius 2 is 1.80 bits per heavy atom. The Hall–Kier alpha value is -1.33. The molecule has 1 atom stereocenters. The van der Waals surface area contributed by atoms with Crippen LogP contribution in [0.1, 0.15) is 32.5 Å². The summed E-state index contributed by atoms with van der Waals surface area (Å²) < 4.78 is 39.4. The number of nitrogens with one attached hydrogen (secondary N) is 1. The van der Waals surface area contributed by atoms with Crippen LogP contribution in [-0.2, 0) is 6.18 Å². The summed E-state index contributed by atoms with van der Waals surface area (Å²) in [7, 11) is 1.69. The van der Waals surface area contributed by atoms with E-state index in [-0.39, 0.29) is 5.56 Å². The fourth-order valence-electron chi connectivity index (χ4n) is 2.38. The van der Waals surface area contributed by atoms with Crippen LogP contribution in [0.4, 0.5) is 13.2 Å². The minimum Gasteiger partial charge on any atom is -0.309 e. The zero-order valence-corrected chi connectivity index (χ0v) is 12.3. The van der Waals surface area contributed by atoms with Crippen LogP contribution < -0.4 is 5.32 Å². The van der Waals surface area contributed by atoms with E-state index in [1.165, 1.54) is 17.4 Å². The molecule has 1 heterocycles. The molecule has 1 nitrogen and oxygen atoms in total. The summed E-state index contributed by atoms with van der Waals surface area (Å²) >= 11 is 1.53. The van der Waals surface area contributed by atoms with Gasteiger partial charge in [-0.05, 0) is 44.2 Å². The van der Waals surface area contributed by atoms with Gasteiger partial charge in [0.15, 0.2) is 0 Å². The predicted molar refractivity (Wildman–Crippen MR) is 76.1 cm³/mol. The van der Waals surface area contributed by atoms with Crippen molar-refractivity contribution in [3.05, 3.63) is 56.8 Å². The zero-order chi connectivity index (χ0) is 14.9. The van der Waals surface area contributed by atoms with Crippen molar-refractivity contribution in [2.24, 2.45) is 0 Å². The topological polar surface area (TPSA) is 12.0 Å². The lowest BCUT2D eigenvalue weighted by Crippen LogP contribution is -2.21. The number of hydrogen-bond acceptors (Lipinski definition) is 2. The molecule has 5 heteroatoms. The second-order valence-corrected chi connectivity index (χ2v) is 6.00. The lowest BCUT2D eigenvalue weighted by Gasteiger charge is -2.21. The van der Waals surface area contributed by atoms with Crippen molar-refractivity contribution in [1.82, 2.24) is 5.32 Å². The molecular weight excluding hydrogens is 283 g/mol. The normalized spacial score (nSPS) is 13.5. The van der Waals surface area contributed by atoms with E-state index < -0.39 is 17.8 Å². The smallest absolute Gasteiger partial charge is 0.309 e. The fourth-order valence-corrected chi connectivity index (χ4v) is 3.55. The van der Waals surface area contributed by atoms with Gasteiger partial charge >= 0.3 is 6.18 Å². The maximum atomic E-state index is 13.1. The van der Waals surface area contributed by atoms with Gasteiger partial charge in [-0.1, -0.05) is 18.2 Å². The maximum Gasteiger partial charge on any atom is 0.416 e. The van der Waals surface area contributed by atoms with Crippen LogP contribution in [0.2, 0.25) is 0 Å². The van der Waals surface area contributed by atoms with E-state index in [2.05, 4.69) is 5.32 Å². The second kappa shape index (κ2) is 5.58. The van der Waals surface area contributed by atoms with Crippen molar-refractivity contribution in [3.8, 4) is 0 Å². The Labute approximate surface area is 120 Å². The molecule has 0 bridgehead atoms. The highest BCUT2D eigenvalue weighted by molar-refractivity contribution is 7.12. The van der Waals surface area contributed by atoms with Crippen LogP contribution in [0.15, 0.2) is 30.3 Å². The molecule has 0 spiro atoms. The standard InChI is InChI=1S/C15H16F3NS/c1-9-8-10(2)20-14(9)13(19-3)11-6-4-5-7-12(11)15(16,17)18/h4-8,13,19H,1-3H3. The third kappa shape index (κ3) is 2.88. The van der Waals surface area contributed by atoms with E-state index in [1.54, 1.807) is 19.2 Å². The summed E-state index contributed by atoms with van der Waals surface area (Å²) in [4.78, 5) is 2.03. The molecule has 0 aliphatic carbocycles. The van der Waals surface area contributed by atoms with Crippen LogP contribution in [0.5, 0.6) is 0 Å². The molecule has 1 aromatic heterocycles. The molecule has 0 saturated carbocycles. The fraction of sp³-hybridized carbons (Fsp3) is 0.333. The van der Waals surface area contributed by atoms with Gasteiger partial charge in [0.25, 0.3) is 0 Å². The molecule has 20 heavy (non-hydrogen) atoms. The molecule has 0 aliphatic heterocycles. The first-order chi connectivity index (χ1) is 9.34. The Balaban J connectivity index is 2.56. The van der Waals surface area contributed by atoms with Crippen LogP contribution in [0.25, 0.3) is 0 Å². The maximum absolute atomic E-state index is 13.1. The number of hydrogen-bond donors (Lipinski definition) is 1. The highest BCUT2D eigenvalue weighted by Crippen LogP contribution is 2.39. The Morgan fingerprint density at radius 1 is 1.15 bits per heavy atom. The number of alkyl halides is 3. The van der Waals surface area contributed by atoms with E-state index in [9.17, 15) is 13.2 Å². The minimum absolute atomic E-state index is 0.271. The number of rotatable bonds is 3. The van der Waals surface area contributed by atoms with Gasteiger partial charge in [0.1, 0.15) is 0 Å². The Bertz CT molecular complexity index is 601. The van der Waals surface area contributed by atoms with Crippen LogP contribution in [0, 0.1) is 13.8 Å². The van der Waals surface area contributed by atoms with Gasteiger partial charge in [0.2, 0.25) is 0 Å². The first-order valence-electron chi connectivity index (χ1n) is 6.25. The molecular formula is C15H16F3NS. The summed E-state index contributed by atoms with van der Waals surface area (Å²) in [5.74, 6) is 0. The molecule has 2 rings (SSSR count).